The zero-order valence-corrected chi connectivity index (χ0v) is 17.5. The molecule has 0 saturated heterocycles. The topological polar surface area (TPSA) is 74.4 Å². The Balaban J connectivity index is 1.77. The van der Waals surface area contributed by atoms with E-state index in [0.29, 0.717) is 43.9 Å². The summed E-state index contributed by atoms with van der Waals surface area (Å²) in [5.74, 6) is -2.09. The number of ketones is 1. The average molecular weight is 512 g/mol. The smallest absolute Gasteiger partial charge is 0.149 e. The zero-order valence-electron chi connectivity index (χ0n) is 14.3. The van der Waals surface area contributed by atoms with Gasteiger partial charge in [-0.25, -0.2) is 18.7 Å². The SMILES string of the molecule is O=C(C(CBr)c1c[nH]c2ncc(F)cc12)C(CBr)c1c[nH]c2ncc(F)cc12. The maximum atomic E-state index is 13.7. The van der Waals surface area contributed by atoms with Crippen molar-refractivity contribution in [3.8, 4) is 0 Å². The monoisotopic (exact) mass is 510 g/mol. The molecule has 0 saturated carbocycles. The van der Waals surface area contributed by atoms with Gasteiger partial charge in [-0.05, 0) is 23.3 Å². The van der Waals surface area contributed by atoms with Crippen molar-refractivity contribution in [1.82, 2.24) is 19.9 Å². The predicted octanol–water partition coefficient (Wildman–Crippen LogP) is 4.94. The van der Waals surface area contributed by atoms with Gasteiger partial charge in [-0.3, -0.25) is 4.79 Å². The van der Waals surface area contributed by atoms with Crippen LogP contribution in [0.15, 0.2) is 36.9 Å². The molecule has 144 valence electrons. The Morgan fingerprint density at radius 2 is 1.32 bits per heavy atom. The summed E-state index contributed by atoms with van der Waals surface area (Å²) in [6.07, 6.45) is 5.62. The summed E-state index contributed by atoms with van der Waals surface area (Å²) in [4.78, 5) is 27.5. The van der Waals surface area contributed by atoms with Crippen LogP contribution in [0.4, 0.5) is 8.78 Å². The molecule has 2 unspecified atom stereocenters. The van der Waals surface area contributed by atoms with Crippen LogP contribution < -0.4 is 0 Å². The van der Waals surface area contributed by atoms with Gasteiger partial charge < -0.3 is 9.97 Å². The Kier molecular flexibility index (Phi) is 5.29. The number of fused-ring (bicyclic) bond motifs is 2. The molecule has 0 aliphatic rings. The lowest BCUT2D eigenvalue weighted by atomic mass is 9.86. The minimum Gasteiger partial charge on any atom is -0.346 e. The van der Waals surface area contributed by atoms with Crippen LogP contribution >= 0.6 is 31.9 Å². The lowest BCUT2D eigenvalue weighted by Gasteiger charge is -2.19. The van der Waals surface area contributed by atoms with Gasteiger partial charge in [0.25, 0.3) is 0 Å². The maximum absolute atomic E-state index is 13.7. The van der Waals surface area contributed by atoms with Crippen LogP contribution in [0.25, 0.3) is 22.1 Å². The molecule has 0 fully saturated rings. The molecule has 5 nitrogen and oxygen atoms in total. The summed E-state index contributed by atoms with van der Waals surface area (Å²) in [7, 11) is 0. The number of H-pyrrole nitrogens is 2. The summed E-state index contributed by atoms with van der Waals surface area (Å²) < 4.78 is 27.4. The average Bonchev–Trinajstić information content (AvgIpc) is 3.28. The molecular weight excluding hydrogens is 498 g/mol. The summed E-state index contributed by atoms with van der Waals surface area (Å²) in [5.41, 5.74) is 2.37. The number of hydrogen-bond donors (Lipinski definition) is 2. The maximum Gasteiger partial charge on any atom is 0.149 e. The molecule has 9 heteroatoms. The highest BCUT2D eigenvalue weighted by molar-refractivity contribution is 9.09. The molecule has 4 aromatic rings. The van der Waals surface area contributed by atoms with Gasteiger partial charge in [-0.15, -0.1) is 0 Å². The van der Waals surface area contributed by atoms with Gasteiger partial charge in [0.2, 0.25) is 0 Å². The molecule has 0 amide bonds. The molecule has 4 heterocycles. The van der Waals surface area contributed by atoms with E-state index < -0.39 is 23.5 Å². The molecule has 0 bridgehead atoms. The second-order valence-corrected chi connectivity index (χ2v) is 7.70. The molecule has 0 aromatic carbocycles. The molecule has 0 radical (unpaired) electrons. The largest absolute Gasteiger partial charge is 0.346 e. The van der Waals surface area contributed by atoms with Crippen molar-refractivity contribution in [3.63, 3.8) is 0 Å². The summed E-state index contributed by atoms with van der Waals surface area (Å²) in [5, 5.41) is 1.84. The van der Waals surface area contributed by atoms with Crippen LogP contribution in [-0.4, -0.2) is 36.4 Å². The van der Waals surface area contributed by atoms with Crippen LogP contribution in [0.3, 0.4) is 0 Å². The first-order chi connectivity index (χ1) is 13.5. The van der Waals surface area contributed by atoms with E-state index in [1.165, 1.54) is 12.1 Å². The molecule has 2 N–H and O–H groups in total. The van der Waals surface area contributed by atoms with E-state index in [1.807, 2.05) is 0 Å². The Hall–Kier alpha value is -2.13. The predicted molar refractivity (Wildman–Crippen MR) is 110 cm³/mol. The highest BCUT2D eigenvalue weighted by Gasteiger charge is 2.31. The normalized spacial score (nSPS) is 13.9. The summed E-state index contributed by atoms with van der Waals surface area (Å²) in [6, 6.07) is 2.73. The van der Waals surface area contributed by atoms with Crippen molar-refractivity contribution >= 4 is 59.7 Å². The number of aromatic amines is 2. The van der Waals surface area contributed by atoms with Gasteiger partial charge in [0.05, 0.1) is 24.2 Å². The van der Waals surface area contributed by atoms with Crippen LogP contribution in [0.5, 0.6) is 0 Å². The van der Waals surface area contributed by atoms with Gasteiger partial charge >= 0.3 is 0 Å². The molecule has 4 rings (SSSR count). The number of carbonyl (C=O) groups is 1. The van der Waals surface area contributed by atoms with Gasteiger partial charge in [0, 0.05) is 33.8 Å². The number of nitrogens with one attached hydrogen (secondary N) is 2. The van der Waals surface area contributed by atoms with Crippen LogP contribution in [0.2, 0.25) is 0 Å². The minimum absolute atomic E-state index is 0.0796. The van der Waals surface area contributed by atoms with E-state index in [9.17, 15) is 13.6 Å². The second kappa shape index (κ2) is 7.71. The van der Waals surface area contributed by atoms with Crippen molar-refractivity contribution in [2.24, 2.45) is 0 Å². The number of hydrogen-bond acceptors (Lipinski definition) is 3. The Bertz CT molecular complexity index is 1080. The van der Waals surface area contributed by atoms with Gasteiger partial charge in [0.1, 0.15) is 28.7 Å². The van der Waals surface area contributed by atoms with Crippen LogP contribution in [-0.2, 0) is 4.79 Å². The van der Waals surface area contributed by atoms with E-state index in [-0.39, 0.29) is 5.78 Å². The number of aromatic nitrogens is 4. The molecular formula is C19H14Br2F2N4O. The van der Waals surface area contributed by atoms with E-state index in [4.69, 9.17) is 0 Å². The van der Waals surface area contributed by atoms with E-state index in [1.54, 1.807) is 12.4 Å². The Labute approximate surface area is 175 Å². The minimum atomic E-state index is -0.536. The number of alkyl halides is 2. The third-order valence-electron chi connectivity index (χ3n) is 4.81. The number of rotatable bonds is 6. The standard InChI is InChI=1S/C19H14Br2F2N4O/c20-3-13(15-7-26-18-11(15)1-9(22)5-24-18)17(28)14(4-21)16-8-27-19-12(16)2-10(23)6-25-19/h1-2,5-8,13-14H,3-4H2,(H,24,26)(H,25,27). The number of halogens is 4. The fraction of sp³-hybridized carbons (Fsp3) is 0.211. The van der Waals surface area contributed by atoms with Crippen molar-refractivity contribution < 1.29 is 13.6 Å². The highest BCUT2D eigenvalue weighted by Crippen LogP contribution is 2.35. The first-order valence-corrected chi connectivity index (χ1v) is 10.7. The number of pyridine rings is 2. The van der Waals surface area contributed by atoms with Gasteiger partial charge in [-0.1, -0.05) is 31.9 Å². The lowest BCUT2D eigenvalue weighted by molar-refractivity contribution is -0.120. The number of carbonyl (C=O) groups excluding carboxylic acids is 1. The fourth-order valence-corrected chi connectivity index (χ4v) is 4.78. The molecule has 0 aliphatic carbocycles. The fourth-order valence-electron chi connectivity index (χ4n) is 3.44. The van der Waals surface area contributed by atoms with Crippen molar-refractivity contribution in [3.05, 3.63) is 59.7 Å². The Morgan fingerprint density at radius 3 is 1.71 bits per heavy atom. The molecule has 0 aliphatic heterocycles. The highest BCUT2D eigenvalue weighted by atomic mass is 79.9. The van der Waals surface area contributed by atoms with Crippen molar-refractivity contribution in [2.75, 3.05) is 10.7 Å². The summed E-state index contributed by atoms with van der Waals surface area (Å²) >= 11 is 6.84. The second-order valence-electron chi connectivity index (χ2n) is 6.40. The number of nitrogens with zero attached hydrogens (tertiary/aromatic N) is 2. The molecule has 2 atom stereocenters. The van der Waals surface area contributed by atoms with Gasteiger partial charge in [0.15, 0.2) is 0 Å². The van der Waals surface area contributed by atoms with Crippen molar-refractivity contribution in [2.45, 2.75) is 11.8 Å². The number of Topliss-reactive ketones (excluding diaryl/α,β-unsaturated/α-hetero) is 1. The first kappa shape index (κ1) is 19.2. The van der Waals surface area contributed by atoms with Gasteiger partial charge in [-0.2, -0.15) is 0 Å². The first-order valence-electron chi connectivity index (χ1n) is 8.44. The van der Waals surface area contributed by atoms with E-state index in [0.717, 1.165) is 12.4 Å². The molecule has 0 spiro atoms. The Morgan fingerprint density at radius 1 is 0.893 bits per heavy atom. The lowest BCUT2D eigenvalue weighted by Crippen LogP contribution is -2.23. The van der Waals surface area contributed by atoms with E-state index >= 15 is 0 Å². The molecule has 28 heavy (non-hydrogen) atoms. The van der Waals surface area contributed by atoms with Crippen LogP contribution in [0, 0.1) is 11.6 Å². The molecule has 4 aromatic heterocycles. The van der Waals surface area contributed by atoms with Crippen molar-refractivity contribution in [1.29, 1.82) is 0 Å². The van der Waals surface area contributed by atoms with E-state index in [2.05, 4.69) is 51.8 Å². The quantitative estimate of drug-likeness (QED) is 0.360. The zero-order chi connectivity index (χ0) is 19.8. The third kappa shape index (κ3) is 3.26. The summed E-state index contributed by atoms with van der Waals surface area (Å²) in [6.45, 7) is 0. The van der Waals surface area contributed by atoms with Crippen LogP contribution in [0.1, 0.15) is 23.0 Å². The third-order valence-corrected chi connectivity index (χ3v) is 6.10.